The van der Waals surface area contributed by atoms with Crippen molar-refractivity contribution in [3.63, 3.8) is 0 Å². The monoisotopic (exact) mass is 447 g/mol. The summed E-state index contributed by atoms with van der Waals surface area (Å²) in [6.07, 6.45) is 5.05. The van der Waals surface area contributed by atoms with E-state index < -0.39 is 0 Å². The quantitative estimate of drug-likeness (QED) is 0.304. The van der Waals surface area contributed by atoms with E-state index in [0.717, 1.165) is 30.3 Å². The van der Waals surface area contributed by atoms with Crippen LogP contribution in [0.25, 0.3) is 22.1 Å². The van der Waals surface area contributed by atoms with Crippen molar-refractivity contribution in [1.29, 1.82) is 0 Å². The Kier molecular flexibility index (Phi) is 5.53. The first-order valence-electron chi connectivity index (χ1n) is 11.2. The van der Waals surface area contributed by atoms with E-state index in [4.69, 9.17) is 4.74 Å². The van der Waals surface area contributed by atoms with E-state index >= 15 is 0 Å². The highest BCUT2D eigenvalue weighted by Crippen LogP contribution is 2.35. The maximum Gasteiger partial charge on any atom is 0.331 e. The van der Waals surface area contributed by atoms with Gasteiger partial charge in [-0.1, -0.05) is 12.1 Å². The summed E-state index contributed by atoms with van der Waals surface area (Å²) >= 11 is 0. The van der Waals surface area contributed by atoms with Crippen molar-refractivity contribution >= 4 is 28.0 Å². The predicted octanol–water partition coefficient (Wildman–Crippen LogP) is 2.63. The molecule has 1 aromatic carbocycles. The highest BCUT2D eigenvalue weighted by Gasteiger charge is 2.29. The molecular weight excluding hydrogens is 422 g/mol. The highest BCUT2D eigenvalue weighted by atomic mass is 16.5. The number of aryl methyl sites for hydroxylation is 1. The summed E-state index contributed by atoms with van der Waals surface area (Å²) in [6.45, 7) is 2.46. The van der Waals surface area contributed by atoms with Crippen LogP contribution in [0.3, 0.4) is 0 Å². The first-order valence-corrected chi connectivity index (χ1v) is 11.2. The molecule has 0 bridgehead atoms. The average Bonchev–Trinajstić information content (AvgIpc) is 3.60. The number of ether oxygens (including phenoxy) is 1. The van der Waals surface area contributed by atoms with Gasteiger partial charge in [0, 0.05) is 25.7 Å². The van der Waals surface area contributed by atoms with Gasteiger partial charge in [-0.25, -0.2) is 9.78 Å². The fourth-order valence-electron chi connectivity index (χ4n) is 4.30. The van der Waals surface area contributed by atoms with Gasteiger partial charge in [-0.05, 0) is 49.9 Å². The second-order valence-electron chi connectivity index (χ2n) is 8.37. The number of pyridine rings is 1. The minimum Gasteiger partial charge on any atom is -0.466 e. The molecule has 3 aromatic heterocycles. The van der Waals surface area contributed by atoms with Crippen LogP contribution >= 0.6 is 0 Å². The number of aromatic nitrogens is 5. The fourth-order valence-corrected chi connectivity index (χ4v) is 4.30. The van der Waals surface area contributed by atoms with Crippen LogP contribution < -0.4 is 11.2 Å². The zero-order chi connectivity index (χ0) is 22.9. The van der Waals surface area contributed by atoms with Crippen molar-refractivity contribution in [1.82, 2.24) is 23.7 Å². The van der Waals surface area contributed by atoms with Crippen molar-refractivity contribution < 1.29 is 9.53 Å². The summed E-state index contributed by atoms with van der Waals surface area (Å²) in [5, 5.41) is 0.534. The molecule has 0 N–H and O–H groups in total. The number of carbonyl (C=O) groups excluding carboxylic acids is 1. The Labute approximate surface area is 189 Å². The Morgan fingerprint density at radius 1 is 1.06 bits per heavy atom. The van der Waals surface area contributed by atoms with Gasteiger partial charge < -0.3 is 9.30 Å². The second-order valence-corrected chi connectivity index (χ2v) is 8.37. The van der Waals surface area contributed by atoms with Gasteiger partial charge in [-0.3, -0.25) is 18.7 Å². The average molecular weight is 447 g/mol. The van der Waals surface area contributed by atoms with Gasteiger partial charge in [0.2, 0.25) is 0 Å². The van der Waals surface area contributed by atoms with E-state index in [0.29, 0.717) is 36.4 Å². The number of fused-ring (bicyclic) bond motifs is 2. The van der Waals surface area contributed by atoms with Crippen LogP contribution in [0, 0.1) is 0 Å². The number of para-hydroxylation sites is 1. The number of esters is 1. The van der Waals surface area contributed by atoms with Crippen LogP contribution in [-0.2, 0) is 22.6 Å². The van der Waals surface area contributed by atoms with Crippen LogP contribution in [-0.4, -0.2) is 36.2 Å². The van der Waals surface area contributed by atoms with E-state index in [2.05, 4.69) is 9.97 Å². The first-order chi connectivity index (χ1) is 16.0. The predicted molar refractivity (Wildman–Crippen MR) is 123 cm³/mol. The molecule has 5 rings (SSSR count). The van der Waals surface area contributed by atoms with Gasteiger partial charge in [0.1, 0.15) is 5.82 Å². The topological polar surface area (TPSA) is 101 Å². The van der Waals surface area contributed by atoms with Gasteiger partial charge in [0.25, 0.3) is 5.56 Å². The maximum atomic E-state index is 13.3. The van der Waals surface area contributed by atoms with Crippen LogP contribution in [0.2, 0.25) is 0 Å². The molecule has 1 saturated carbocycles. The minimum atomic E-state index is -0.316. The van der Waals surface area contributed by atoms with Crippen LogP contribution in [0.15, 0.2) is 52.2 Å². The first kappa shape index (κ1) is 21.1. The molecule has 0 spiro atoms. The van der Waals surface area contributed by atoms with Crippen LogP contribution in [0.4, 0.5) is 0 Å². The van der Waals surface area contributed by atoms with Crippen molar-refractivity contribution in [2.24, 2.45) is 0 Å². The van der Waals surface area contributed by atoms with E-state index in [1.54, 1.807) is 16.8 Å². The van der Waals surface area contributed by atoms with E-state index in [1.165, 1.54) is 6.92 Å². The summed E-state index contributed by atoms with van der Waals surface area (Å²) in [5.41, 5.74) is 1.73. The lowest BCUT2D eigenvalue weighted by molar-refractivity contribution is -0.141. The van der Waals surface area contributed by atoms with Crippen molar-refractivity contribution in [2.75, 3.05) is 6.61 Å². The molecule has 1 aliphatic rings. The molecule has 4 aromatic rings. The summed E-state index contributed by atoms with van der Waals surface area (Å²) in [7, 11) is 0. The lowest BCUT2D eigenvalue weighted by Crippen LogP contribution is -2.28. The third kappa shape index (κ3) is 4.06. The second kappa shape index (κ2) is 8.65. The summed E-state index contributed by atoms with van der Waals surface area (Å²) in [6, 6.07) is 11.3. The maximum absolute atomic E-state index is 13.3. The number of nitrogens with zero attached hydrogens (tertiary/aromatic N) is 5. The summed E-state index contributed by atoms with van der Waals surface area (Å²) in [4.78, 5) is 46.0. The summed E-state index contributed by atoms with van der Waals surface area (Å²) in [5.74, 6) is 0.207. The standard InChI is InChI=1S/C24H25N5O4/c1-16(30)33-14-5-4-13-27-19-8-3-2-7-18(19)23(31)26-21(27)15-28-22-20(9-6-12-25-22)29(24(28)32)17-10-11-17/h2-3,6-9,12,17H,4-5,10-11,13-15H2,1H3. The normalized spacial score (nSPS) is 13.6. The molecule has 1 aliphatic carbocycles. The number of rotatable bonds is 8. The van der Waals surface area contributed by atoms with E-state index in [1.807, 2.05) is 39.5 Å². The molecule has 33 heavy (non-hydrogen) atoms. The number of benzene rings is 1. The third-order valence-electron chi connectivity index (χ3n) is 5.98. The number of hydrogen-bond donors (Lipinski definition) is 0. The molecule has 1 fully saturated rings. The highest BCUT2D eigenvalue weighted by molar-refractivity contribution is 5.78. The Bertz CT molecular complexity index is 1460. The lowest BCUT2D eigenvalue weighted by Gasteiger charge is -2.16. The molecule has 0 aliphatic heterocycles. The molecule has 9 nitrogen and oxygen atoms in total. The Morgan fingerprint density at radius 2 is 1.85 bits per heavy atom. The largest absolute Gasteiger partial charge is 0.466 e. The molecule has 0 amide bonds. The Balaban J connectivity index is 1.56. The van der Waals surface area contributed by atoms with Crippen molar-refractivity contribution in [2.45, 2.75) is 51.7 Å². The van der Waals surface area contributed by atoms with Crippen LogP contribution in [0.1, 0.15) is 44.5 Å². The SMILES string of the molecule is CC(=O)OCCCCn1c(Cn2c(=O)n(C3CC3)c3cccnc32)nc(=O)c2ccccc21. The van der Waals surface area contributed by atoms with Gasteiger partial charge >= 0.3 is 11.7 Å². The number of unbranched alkanes of at least 4 members (excludes halogenated alkanes) is 1. The van der Waals surface area contributed by atoms with Gasteiger partial charge in [-0.2, -0.15) is 4.98 Å². The molecule has 0 atom stereocenters. The molecular formula is C24H25N5O4. The number of hydrogen-bond acceptors (Lipinski definition) is 6. The molecule has 170 valence electrons. The minimum absolute atomic E-state index is 0.130. The Hall–Kier alpha value is -3.75. The van der Waals surface area contributed by atoms with Crippen molar-refractivity contribution in [3.8, 4) is 0 Å². The van der Waals surface area contributed by atoms with Crippen molar-refractivity contribution in [3.05, 3.63) is 69.3 Å². The van der Waals surface area contributed by atoms with E-state index in [9.17, 15) is 14.4 Å². The smallest absolute Gasteiger partial charge is 0.331 e. The molecule has 0 saturated heterocycles. The van der Waals surface area contributed by atoms with Gasteiger partial charge in [0.05, 0.1) is 29.6 Å². The van der Waals surface area contributed by atoms with Gasteiger partial charge in [-0.15, -0.1) is 0 Å². The number of imidazole rings is 1. The molecule has 9 heteroatoms. The molecule has 3 heterocycles. The summed E-state index contributed by atoms with van der Waals surface area (Å²) < 4.78 is 10.4. The third-order valence-corrected chi connectivity index (χ3v) is 5.98. The molecule has 0 unspecified atom stereocenters. The van der Waals surface area contributed by atoms with Gasteiger partial charge in [0.15, 0.2) is 5.65 Å². The van der Waals surface area contributed by atoms with E-state index in [-0.39, 0.29) is 29.8 Å². The fraction of sp³-hybridized carbons (Fsp3) is 0.375. The molecule has 0 radical (unpaired) electrons. The van der Waals surface area contributed by atoms with Crippen LogP contribution in [0.5, 0.6) is 0 Å². The zero-order valence-electron chi connectivity index (χ0n) is 18.4. The zero-order valence-corrected chi connectivity index (χ0v) is 18.4. The lowest BCUT2D eigenvalue weighted by atomic mass is 10.2. The Morgan fingerprint density at radius 3 is 2.64 bits per heavy atom. The number of carbonyl (C=O) groups is 1.